The standard InChI is InChI=1S/C30H28N2O6/c1-36-23-16-13-22(14-17-23)27(33)32-25(20-9-5-4-6-10-20)19-30(28(34)37-2,29(35)38-3)26-18-15-21-11-7-8-12-24(21)31(26)32/h4-18,25-26H,19H2,1-3H3/t25-,26+/m0/s1. The van der Waals surface area contributed by atoms with Crippen LogP contribution in [0, 0.1) is 5.41 Å². The highest BCUT2D eigenvalue weighted by Gasteiger charge is 2.63. The Balaban J connectivity index is 1.77. The maximum absolute atomic E-state index is 14.3. The number of rotatable bonds is 5. The van der Waals surface area contributed by atoms with Gasteiger partial charge >= 0.3 is 11.9 Å². The van der Waals surface area contributed by atoms with Gasteiger partial charge in [-0.25, -0.2) is 5.01 Å². The average Bonchev–Trinajstić information content (AvgIpc) is 2.99. The van der Waals surface area contributed by atoms with E-state index in [0.717, 1.165) is 11.1 Å². The zero-order valence-corrected chi connectivity index (χ0v) is 21.4. The Hall–Kier alpha value is -4.59. The van der Waals surface area contributed by atoms with E-state index >= 15 is 0 Å². The number of esters is 2. The van der Waals surface area contributed by atoms with E-state index < -0.39 is 29.4 Å². The van der Waals surface area contributed by atoms with Crippen molar-refractivity contribution in [2.75, 3.05) is 26.3 Å². The van der Waals surface area contributed by atoms with Gasteiger partial charge < -0.3 is 14.2 Å². The fourth-order valence-electron chi connectivity index (χ4n) is 5.44. The first-order chi connectivity index (χ1) is 18.5. The lowest BCUT2D eigenvalue weighted by Crippen LogP contribution is -2.68. The van der Waals surface area contributed by atoms with Gasteiger partial charge in [0.25, 0.3) is 5.91 Å². The third kappa shape index (κ3) is 3.89. The molecule has 1 saturated heterocycles. The van der Waals surface area contributed by atoms with Crippen LogP contribution in [0.1, 0.15) is 33.9 Å². The van der Waals surface area contributed by atoms with Gasteiger partial charge in [0.1, 0.15) is 5.75 Å². The minimum absolute atomic E-state index is 0.0358. The van der Waals surface area contributed by atoms with E-state index in [2.05, 4.69) is 0 Å². The van der Waals surface area contributed by atoms with Crippen molar-refractivity contribution in [3.05, 3.63) is 102 Å². The van der Waals surface area contributed by atoms with Crippen LogP contribution in [-0.2, 0) is 19.1 Å². The number of para-hydroxylation sites is 1. The summed E-state index contributed by atoms with van der Waals surface area (Å²) in [4.78, 5) is 41.4. The van der Waals surface area contributed by atoms with Crippen LogP contribution in [-0.4, -0.2) is 50.2 Å². The predicted molar refractivity (Wildman–Crippen MR) is 141 cm³/mol. The lowest BCUT2D eigenvalue weighted by molar-refractivity contribution is -0.175. The lowest BCUT2D eigenvalue weighted by atomic mass is 9.70. The molecule has 194 valence electrons. The van der Waals surface area contributed by atoms with Gasteiger partial charge in [-0.1, -0.05) is 60.7 Å². The van der Waals surface area contributed by atoms with Crippen molar-refractivity contribution >= 4 is 29.6 Å². The van der Waals surface area contributed by atoms with Crippen LogP contribution in [0.3, 0.4) is 0 Å². The normalized spacial score (nSPS) is 19.1. The van der Waals surface area contributed by atoms with Crippen molar-refractivity contribution in [3.63, 3.8) is 0 Å². The Morgan fingerprint density at radius 1 is 0.816 bits per heavy atom. The molecule has 1 amide bonds. The van der Waals surface area contributed by atoms with Gasteiger partial charge in [0.05, 0.1) is 39.1 Å². The first-order valence-electron chi connectivity index (χ1n) is 12.2. The molecule has 0 bridgehead atoms. The molecule has 2 atom stereocenters. The molecule has 2 aliphatic heterocycles. The number of ether oxygens (including phenoxy) is 3. The van der Waals surface area contributed by atoms with E-state index in [4.69, 9.17) is 14.2 Å². The molecule has 8 heteroatoms. The predicted octanol–water partition coefficient (Wildman–Crippen LogP) is 4.43. The van der Waals surface area contributed by atoms with Gasteiger partial charge in [0.2, 0.25) is 0 Å². The maximum atomic E-state index is 14.3. The number of hydrogen-bond donors (Lipinski definition) is 0. The zero-order valence-electron chi connectivity index (χ0n) is 21.4. The van der Waals surface area contributed by atoms with Gasteiger partial charge in [-0.15, -0.1) is 0 Å². The lowest BCUT2D eigenvalue weighted by Gasteiger charge is -2.56. The van der Waals surface area contributed by atoms with E-state index in [1.807, 2.05) is 60.7 Å². The molecule has 3 aromatic carbocycles. The van der Waals surface area contributed by atoms with Gasteiger partial charge in [-0.3, -0.25) is 19.4 Å². The van der Waals surface area contributed by atoms with E-state index in [1.165, 1.54) is 14.2 Å². The second-order valence-electron chi connectivity index (χ2n) is 9.17. The highest BCUT2D eigenvalue weighted by Crippen LogP contribution is 2.51. The van der Waals surface area contributed by atoms with Crippen molar-refractivity contribution in [2.24, 2.45) is 5.41 Å². The van der Waals surface area contributed by atoms with Crippen LogP contribution in [0.25, 0.3) is 6.08 Å². The molecule has 0 saturated carbocycles. The molecule has 8 nitrogen and oxygen atoms in total. The monoisotopic (exact) mass is 512 g/mol. The summed E-state index contributed by atoms with van der Waals surface area (Å²) < 4.78 is 15.7. The van der Waals surface area contributed by atoms with Crippen LogP contribution in [0.15, 0.2) is 84.9 Å². The Morgan fingerprint density at radius 3 is 2.08 bits per heavy atom. The van der Waals surface area contributed by atoms with Crippen molar-refractivity contribution in [1.29, 1.82) is 0 Å². The summed E-state index contributed by atoms with van der Waals surface area (Å²) >= 11 is 0. The molecule has 0 N–H and O–H groups in total. The molecule has 2 heterocycles. The van der Waals surface area contributed by atoms with Gasteiger partial charge in [-0.2, -0.15) is 0 Å². The molecule has 0 spiro atoms. The number of benzene rings is 3. The second kappa shape index (κ2) is 10.0. The van der Waals surface area contributed by atoms with Crippen LogP contribution in [0.5, 0.6) is 5.75 Å². The quantitative estimate of drug-likeness (QED) is 0.369. The molecule has 0 aliphatic carbocycles. The van der Waals surface area contributed by atoms with E-state index in [-0.39, 0.29) is 12.3 Å². The Bertz CT molecular complexity index is 1370. The molecule has 38 heavy (non-hydrogen) atoms. The molecule has 5 rings (SSSR count). The minimum atomic E-state index is -1.73. The van der Waals surface area contributed by atoms with Crippen LogP contribution in [0.4, 0.5) is 5.69 Å². The van der Waals surface area contributed by atoms with E-state index in [9.17, 15) is 14.4 Å². The van der Waals surface area contributed by atoms with Crippen molar-refractivity contribution in [2.45, 2.75) is 18.5 Å². The summed E-state index contributed by atoms with van der Waals surface area (Å²) in [6.45, 7) is 0. The van der Waals surface area contributed by atoms with Crippen molar-refractivity contribution in [1.82, 2.24) is 5.01 Å². The topological polar surface area (TPSA) is 85.4 Å². The van der Waals surface area contributed by atoms with E-state index in [0.29, 0.717) is 17.0 Å². The summed E-state index contributed by atoms with van der Waals surface area (Å²) in [7, 11) is 4.07. The molecular formula is C30H28N2O6. The molecule has 0 radical (unpaired) electrons. The smallest absolute Gasteiger partial charge is 0.325 e. The van der Waals surface area contributed by atoms with Crippen LogP contribution >= 0.6 is 0 Å². The zero-order chi connectivity index (χ0) is 26.9. The van der Waals surface area contributed by atoms with Crippen molar-refractivity contribution < 1.29 is 28.6 Å². The van der Waals surface area contributed by atoms with Gasteiger partial charge in [0.15, 0.2) is 5.41 Å². The highest BCUT2D eigenvalue weighted by atomic mass is 16.5. The highest BCUT2D eigenvalue weighted by molar-refractivity contribution is 6.04. The molecule has 0 aromatic heterocycles. The third-order valence-electron chi connectivity index (χ3n) is 7.28. The molecule has 2 aliphatic rings. The maximum Gasteiger partial charge on any atom is 0.325 e. The molecular weight excluding hydrogens is 484 g/mol. The van der Waals surface area contributed by atoms with Gasteiger partial charge in [-0.05, 0) is 41.5 Å². The second-order valence-corrected chi connectivity index (χ2v) is 9.17. The summed E-state index contributed by atoms with van der Waals surface area (Å²) in [5.41, 5.74) is 0.983. The Kier molecular flexibility index (Phi) is 6.63. The number of hydrogen-bond acceptors (Lipinski definition) is 7. The SMILES string of the molecule is COC(=O)C1(C(=O)OC)C[C@@H](c2ccccc2)N(C(=O)c2ccc(OC)cc2)N2c3ccccc3C=C[C@@H]21. The largest absolute Gasteiger partial charge is 0.497 e. The number of fused-ring (bicyclic) bond motifs is 3. The molecule has 0 unspecified atom stereocenters. The molecule has 3 aromatic rings. The van der Waals surface area contributed by atoms with Crippen LogP contribution in [0.2, 0.25) is 0 Å². The third-order valence-corrected chi connectivity index (χ3v) is 7.28. The number of amides is 1. The minimum Gasteiger partial charge on any atom is -0.497 e. The fraction of sp³-hybridized carbons (Fsp3) is 0.233. The summed E-state index contributed by atoms with van der Waals surface area (Å²) in [6.07, 6.45) is 3.59. The molecule has 1 fully saturated rings. The van der Waals surface area contributed by atoms with Crippen LogP contribution < -0.4 is 9.75 Å². The summed E-state index contributed by atoms with van der Waals surface area (Å²) in [5.74, 6) is -1.11. The number of methoxy groups -OCH3 is 3. The number of hydrazine groups is 1. The summed E-state index contributed by atoms with van der Waals surface area (Å²) in [6, 6.07) is 22.2. The van der Waals surface area contributed by atoms with E-state index in [1.54, 1.807) is 47.5 Å². The number of carbonyl (C=O) groups excluding carboxylic acids is 3. The van der Waals surface area contributed by atoms with Gasteiger partial charge in [0, 0.05) is 12.0 Å². The summed E-state index contributed by atoms with van der Waals surface area (Å²) in [5, 5.41) is 3.39. The Morgan fingerprint density at radius 2 is 1.45 bits per heavy atom. The fourth-order valence-corrected chi connectivity index (χ4v) is 5.44. The Labute approximate surface area is 221 Å². The number of nitrogens with zero attached hydrogens (tertiary/aromatic N) is 2. The number of carbonyl (C=O) groups is 3. The first-order valence-corrected chi connectivity index (χ1v) is 12.2. The average molecular weight is 513 g/mol. The number of anilines is 1. The van der Waals surface area contributed by atoms with Crippen molar-refractivity contribution in [3.8, 4) is 5.75 Å². The first kappa shape index (κ1) is 25.1.